The number of rotatable bonds is 86. The molecule has 0 aliphatic rings. The van der Waals surface area contributed by atoms with Gasteiger partial charge in [0.25, 0.3) is 0 Å². The highest BCUT2D eigenvalue weighted by atomic mass is 31.2. The van der Waals surface area contributed by atoms with Gasteiger partial charge >= 0.3 is 33.6 Å². The third-order valence-corrected chi connectivity index (χ3v) is 21.0. The number of allylic oxidation sites excluding steroid dienone is 30. The lowest BCUT2D eigenvalue weighted by Crippen LogP contribution is -2.30. The van der Waals surface area contributed by atoms with Crippen molar-refractivity contribution in [1.82, 2.24) is 0 Å². The summed E-state index contributed by atoms with van der Waals surface area (Å²) in [5, 5.41) is 20.7. The Morgan fingerprint density at radius 1 is 0.239 bits per heavy atom. The Hall–Kier alpha value is -5.35. The van der Waals surface area contributed by atoms with E-state index in [0.29, 0.717) is 19.3 Å². The quantitative estimate of drug-likeness (QED) is 0.0146. The Morgan fingerprint density at radius 2 is 0.427 bits per heavy atom. The Labute approximate surface area is 713 Å². The zero-order valence-electron chi connectivity index (χ0n) is 73.6. The molecular formula is C99H166O16P2. The van der Waals surface area contributed by atoms with Crippen LogP contribution in [0.4, 0.5) is 0 Å². The number of carbonyl (C=O) groups is 3. The van der Waals surface area contributed by atoms with E-state index in [-0.39, 0.29) is 19.3 Å². The summed E-state index contributed by atoms with van der Waals surface area (Å²) in [6, 6.07) is 0. The van der Waals surface area contributed by atoms with Crippen LogP contribution in [0.1, 0.15) is 367 Å². The van der Waals surface area contributed by atoms with Gasteiger partial charge in [0.05, 0.1) is 26.4 Å². The summed E-state index contributed by atoms with van der Waals surface area (Å²) in [6.07, 6.45) is 118. The van der Waals surface area contributed by atoms with Crippen molar-refractivity contribution in [2.24, 2.45) is 0 Å². The zero-order valence-corrected chi connectivity index (χ0v) is 75.4. The number of carbonyl (C=O) groups excluding carboxylic acids is 3. The van der Waals surface area contributed by atoms with Gasteiger partial charge in [-0.15, -0.1) is 0 Å². The highest BCUT2D eigenvalue weighted by Crippen LogP contribution is 2.45. The molecule has 0 aliphatic heterocycles. The fourth-order valence-electron chi connectivity index (χ4n) is 12.2. The SMILES string of the molecule is CC/C=C\C/C=C\C/C=C\C/C=C\C/C=C\CCCCCCCCCCCCCC(=O)OCC(O)COP(=O)(O)OCC(O)COP(=O)(O)OCC(COC(=O)CCCCCCCCCCCCC/C=C\C/C=C\C/C=C\C/C=C\C/C=C\CC)OC(=O)CCCCCCCCCCCCC/C=C\C/C=C\C/C=C\C/C=C\C/C=C\CC. The van der Waals surface area contributed by atoms with Gasteiger partial charge < -0.3 is 34.2 Å². The molecule has 0 aliphatic carbocycles. The molecule has 5 atom stereocenters. The predicted octanol–water partition coefficient (Wildman–Crippen LogP) is 28.4. The van der Waals surface area contributed by atoms with Crippen LogP contribution in [0.3, 0.4) is 0 Å². The Morgan fingerprint density at radius 3 is 0.675 bits per heavy atom. The molecule has 0 rings (SSSR count). The van der Waals surface area contributed by atoms with E-state index in [2.05, 4.69) is 203 Å². The maximum absolute atomic E-state index is 13.1. The maximum atomic E-state index is 13.1. The normalized spacial score (nSPS) is 14.6. The van der Waals surface area contributed by atoms with Crippen molar-refractivity contribution < 1.29 is 75.8 Å². The van der Waals surface area contributed by atoms with Crippen LogP contribution < -0.4 is 0 Å². The van der Waals surface area contributed by atoms with E-state index in [1.807, 2.05) is 0 Å². The second-order valence-electron chi connectivity index (χ2n) is 30.3. The van der Waals surface area contributed by atoms with Crippen molar-refractivity contribution in [3.05, 3.63) is 182 Å². The molecule has 0 radical (unpaired) electrons. The summed E-state index contributed by atoms with van der Waals surface area (Å²) in [7, 11) is -9.82. The van der Waals surface area contributed by atoms with E-state index in [0.717, 1.165) is 186 Å². The lowest BCUT2D eigenvalue weighted by molar-refractivity contribution is -0.161. The Kier molecular flexibility index (Phi) is 85.8. The molecule has 0 saturated carbocycles. The number of ether oxygens (including phenoxy) is 3. The number of phosphoric ester groups is 2. The molecule has 0 aromatic carbocycles. The molecule has 0 aromatic heterocycles. The van der Waals surface area contributed by atoms with Crippen LogP contribution in [-0.4, -0.2) is 95.9 Å². The highest BCUT2D eigenvalue weighted by Gasteiger charge is 2.29. The van der Waals surface area contributed by atoms with Crippen LogP contribution >= 0.6 is 15.6 Å². The third kappa shape index (κ3) is 91.2. The van der Waals surface area contributed by atoms with Gasteiger partial charge in [0, 0.05) is 19.3 Å². The fourth-order valence-corrected chi connectivity index (χ4v) is 13.8. The molecule has 117 heavy (non-hydrogen) atoms. The molecule has 0 aromatic rings. The van der Waals surface area contributed by atoms with Gasteiger partial charge in [-0.3, -0.25) is 32.5 Å². The van der Waals surface area contributed by atoms with Crippen molar-refractivity contribution in [1.29, 1.82) is 0 Å². The van der Waals surface area contributed by atoms with Gasteiger partial charge in [0.15, 0.2) is 6.10 Å². The van der Waals surface area contributed by atoms with Crippen molar-refractivity contribution in [3.63, 3.8) is 0 Å². The van der Waals surface area contributed by atoms with E-state index >= 15 is 0 Å². The molecule has 668 valence electrons. The fraction of sp³-hybridized carbons (Fsp3) is 0.667. The lowest BCUT2D eigenvalue weighted by atomic mass is 10.0. The summed E-state index contributed by atoms with van der Waals surface area (Å²) in [5.74, 6) is -1.58. The van der Waals surface area contributed by atoms with Crippen LogP contribution in [0.5, 0.6) is 0 Å². The van der Waals surface area contributed by atoms with E-state index in [1.54, 1.807) is 0 Å². The molecule has 0 spiro atoms. The molecule has 0 fully saturated rings. The first kappa shape index (κ1) is 112. The molecule has 16 nitrogen and oxygen atoms in total. The average Bonchev–Trinajstić information content (AvgIpc) is 0.900. The van der Waals surface area contributed by atoms with Crippen molar-refractivity contribution in [3.8, 4) is 0 Å². The van der Waals surface area contributed by atoms with Gasteiger partial charge in [-0.1, -0.05) is 376 Å². The first-order valence-corrected chi connectivity index (χ1v) is 49.1. The minimum Gasteiger partial charge on any atom is -0.463 e. The monoisotopic (exact) mass is 1670 g/mol. The largest absolute Gasteiger partial charge is 0.472 e. The minimum absolute atomic E-state index is 0.0945. The van der Waals surface area contributed by atoms with E-state index < -0.39 is 91.5 Å². The van der Waals surface area contributed by atoms with Crippen LogP contribution in [0, 0.1) is 0 Å². The summed E-state index contributed by atoms with van der Waals surface area (Å²) in [6.45, 7) is 2.37. The highest BCUT2D eigenvalue weighted by molar-refractivity contribution is 7.47. The Balaban J connectivity index is 4.69. The molecular weight excluding hydrogens is 1510 g/mol. The number of phosphoric acid groups is 2. The van der Waals surface area contributed by atoms with Gasteiger partial charge in [-0.25, -0.2) is 9.13 Å². The molecule has 0 heterocycles. The first-order chi connectivity index (χ1) is 57.2. The molecule has 0 bridgehead atoms. The number of aliphatic hydroxyl groups excluding tert-OH is 2. The maximum Gasteiger partial charge on any atom is 0.472 e. The standard InChI is InChI=1S/C99H166O16P2/c1-4-7-10-13-16-19-22-25-28-31-34-37-40-43-46-49-52-55-58-61-64-67-70-73-76-79-82-85-97(102)109-88-94(100)89-111-116(105,106)112-90-95(101)91-113-117(107,108)114-93-96(115-99(104)87-84-81-78-75-72-69-66-63-60-57-54-51-48-45-42-39-36-33-30-27-24-21-18-15-12-9-6-3)92-110-98(103)86-83-80-77-74-71-68-65-62-59-56-53-50-47-44-41-38-35-32-29-26-23-20-17-14-11-8-5-2/h7-12,16-21,25-30,34-39,43-48,94-96,100-101H,4-6,13-15,22-24,31-33,40-42,49-93H2,1-3H3,(H,105,106)(H,107,108)/b10-7-,11-8-,12-9-,19-16-,20-17-,21-18-,28-25-,29-26-,30-27-,37-34-,38-35-,39-36-,46-43-,47-44-,48-45-. The van der Waals surface area contributed by atoms with Crippen molar-refractivity contribution in [2.45, 2.75) is 386 Å². The van der Waals surface area contributed by atoms with Gasteiger partial charge in [0.2, 0.25) is 0 Å². The van der Waals surface area contributed by atoms with Crippen LogP contribution in [-0.2, 0) is 55.8 Å². The van der Waals surface area contributed by atoms with Crippen molar-refractivity contribution >= 4 is 33.6 Å². The van der Waals surface area contributed by atoms with E-state index in [1.165, 1.54) is 122 Å². The second kappa shape index (κ2) is 89.9. The van der Waals surface area contributed by atoms with Crippen LogP contribution in [0.2, 0.25) is 0 Å². The number of aliphatic hydroxyl groups is 2. The Bertz CT molecular complexity index is 2860. The number of hydrogen-bond donors (Lipinski definition) is 4. The third-order valence-electron chi connectivity index (χ3n) is 19.1. The summed E-state index contributed by atoms with van der Waals surface area (Å²) in [5.41, 5.74) is 0. The second-order valence-corrected chi connectivity index (χ2v) is 33.2. The minimum atomic E-state index is -4.95. The summed E-state index contributed by atoms with van der Waals surface area (Å²) >= 11 is 0. The zero-order chi connectivity index (χ0) is 85.1. The van der Waals surface area contributed by atoms with Crippen LogP contribution in [0.25, 0.3) is 0 Å². The van der Waals surface area contributed by atoms with Crippen LogP contribution in [0.15, 0.2) is 182 Å². The first-order valence-electron chi connectivity index (χ1n) is 46.1. The molecule has 5 unspecified atom stereocenters. The average molecular weight is 1670 g/mol. The predicted molar refractivity (Wildman–Crippen MR) is 491 cm³/mol. The van der Waals surface area contributed by atoms with Crippen molar-refractivity contribution in [2.75, 3.05) is 39.6 Å². The smallest absolute Gasteiger partial charge is 0.463 e. The summed E-state index contributed by atoms with van der Waals surface area (Å²) < 4.78 is 61.5. The summed E-state index contributed by atoms with van der Waals surface area (Å²) in [4.78, 5) is 59.1. The van der Waals surface area contributed by atoms with E-state index in [9.17, 15) is 43.5 Å². The van der Waals surface area contributed by atoms with Gasteiger partial charge in [-0.05, 0) is 154 Å². The van der Waals surface area contributed by atoms with Gasteiger partial charge in [0.1, 0.15) is 25.4 Å². The molecule has 18 heteroatoms. The molecule has 0 amide bonds. The lowest BCUT2D eigenvalue weighted by Gasteiger charge is -2.21. The number of unbranched alkanes of at least 4 members (excludes halogenated alkanes) is 33. The van der Waals surface area contributed by atoms with Gasteiger partial charge in [-0.2, -0.15) is 0 Å². The number of hydrogen-bond acceptors (Lipinski definition) is 14. The molecule has 4 N–H and O–H groups in total. The number of esters is 3. The molecule has 0 saturated heterocycles. The topological polar surface area (TPSA) is 231 Å². The van der Waals surface area contributed by atoms with E-state index in [4.69, 9.17) is 32.3 Å².